The summed E-state index contributed by atoms with van der Waals surface area (Å²) in [5.74, 6) is 0. The van der Waals surface area contributed by atoms with Crippen molar-refractivity contribution in [1.82, 2.24) is 13.7 Å². The summed E-state index contributed by atoms with van der Waals surface area (Å²) in [4.78, 5) is 0. The zero-order chi connectivity index (χ0) is 96.6. The number of hydrogen-bond acceptors (Lipinski definition) is 3. The second-order valence-electron chi connectivity index (χ2n) is 39.4. The molecule has 3 atom stereocenters. The summed E-state index contributed by atoms with van der Waals surface area (Å²) in [5, 5.41) is 15.4. The van der Waals surface area contributed by atoms with Crippen LogP contribution in [0.3, 0.4) is 0 Å². The van der Waals surface area contributed by atoms with Gasteiger partial charge in [0.15, 0.2) is 0 Å². The van der Waals surface area contributed by atoms with Gasteiger partial charge in [-0.3, -0.25) is 0 Å². The molecule has 147 heavy (non-hydrogen) atoms. The number of nitrogens with zero attached hydrogens (tertiary/aromatic N) is 3. The molecule has 3 aliphatic heterocycles. The van der Waals surface area contributed by atoms with E-state index in [1.54, 1.807) is 0 Å². The second-order valence-corrected chi connectivity index (χ2v) is 41.5. The van der Waals surface area contributed by atoms with Crippen LogP contribution < -0.4 is 0 Å². The third kappa shape index (κ3) is 12.6. The Balaban J connectivity index is 0.000000102. The van der Waals surface area contributed by atoms with E-state index < -0.39 is 16.2 Å². The molecule has 9 heterocycles. The van der Waals surface area contributed by atoms with Crippen molar-refractivity contribution in [2.24, 2.45) is 0 Å². The molecule has 0 N–H and O–H groups in total. The fourth-order valence-electron chi connectivity index (χ4n) is 25.8. The van der Waals surface area contributed by atoms with Crippen LogP contribution in [0.4, 0.5) is 0 Å². The molecule has 0 fully saturated rings. The fraction of sp³-hybridized carbons (Fsp3) is 0.0213. The van der Waals surface area contributed by atoms with E-state index in [1.807, 2.05) is 34.8 Å². The van der Waals surface area contributed by atoms with Gasteiger partial charge in [-0.15, -0.1) is 22.7 Å². The van der Waals surface area contributed by atoms with Crippen LogP contribution in [0.25, 0.3) is 200 Å². The highest BCUT2D eigenvalue weighted by Gasteiger charge is 2.49. The van der Waals surface area contributed by atoms with Crippen LogP contribution in [-0.2, 0) is 16.2 Å². The van der Waals surface area contributed by atoms with Gasteiger partial charge < -0.3 is 18.1 Å². The molecule has 0 bridgehead atoms. The van der Waals surface area contributed by atoms with Gasteiger partial charge in [0.2, 0.25) is 0 Å². The number of fused-ring (bicyclic) bond motifs is 24. The van der Waals surface area contributed by atoms with Gasteiger partial charge in [-0.1, -0.05) is 455 Å². The van der Waals surface area contributed by atoms with Crippen molar-refractivity contribution >= 4 is 150 Å². The number of rotatable bonds is 11. The van der Waals surface area contributed by atoms with Crippen molar-refractivity contribution in [2.45, 2.75) is 16.2 Å². The largest absolute Gasteiger partial charge is 0.456 e. The smallest absolute Gasteiger partial charge is 0.135 e. The third-order valence-corrected chi connectivity index (χ3v) is 34.4. The Bertz CT molecular complexity index is 10400. The predicted octanol–water partition coefficient (Wildman–Crippen LogP) is 37.4. The van der Waals surface area contributed by atoms with Crippen molar-refractivity contribution in [2.75, 3.05) is 0 Å². The molecule has 0 spiro atoms. The Morgan fingerprint density at radius 3 is 0.952 bits per heavy atom. The lowest BCUT2D eigenvalue weighted by atomic mass is 9.63. The second kappa shape index (κ2) is 33.4. The summed E-state index contributed by atoms with van der Waals surface area (Å²) in [6.07, 6.45) is 0. The van der Waals surface area contributed by atoms with Crippen LogP contribution in [0.2, 0.25) is 0 Å². The first-order chi connectivity index (χ1) is 72.9. The lowest BCUT2D eigenvalue weighted by Crippen LogP contribution is -2.35. The first-order valence-electron chi connectivity index (χ1n) is 50.7. The summed E-state index contributed by atoms with van der Waals surface area (Å²) in [7, 11) is 0. The molecule has 686 valence electrons. The Morgan fingerprint density at radius 2 is 0.463 bits per heavy atom. The van der Waals surface area contributed by atoms with Crippen LogP contribution in [0.15, 0.2) is 544 Å². The van der Waals surface area contributed by atoms with Crippen LogP contribution in [0, 0.1) is 0 Å². The molecular weight excluding hydrogens is 1820 g/mol. The molecule has 6 heteroatoms. The zero-order valence-electron chi connectivity index (χ0n) is 80.0. The molecule has 4 nitrogen and oxygen atoms in total. The van der Waals surface area contributed by atoms with Gasteiger partial charge in [-0.05, 0) is 207 Å². The van der Waals surface area contributed by atoms with E-state index in [4.69, 9.17) is 4.42 Å². The Kier molecular flexibility index (Phi) is 19.2. The average Bonchev–Trinajstić information content (AvgIpc) is 1.59. The fourth-order valence-corrected chi connectivity index (χ4v) is 28.1. The molecule has 0 amide bonds. The summed E-state index contributed by atoms with van der Waals surface area (Å²) < 4.78 is 19.0. The van der Waals surface area contributed by atoms with Gasteiger partial charge in [0.1, 0.15) is 11.2 Å². The molecule has 0 aliphatic carbocycles. The summed E-state index contributed by atoms with van der Waals surface area (Å²) in [6.45, 7) is 0. The Labute approximate surface area is 857 Å². The van der Waals surface area contributed by atoms with Crippen molar-refractivity contribution in [3.8, 4) is 72.7 Å². The number of aromatic nitrogens is 3. The quantitative estimate of drug-likeness (QED) is 0.127. The maximum Gasteiger partial charge on any atom is 0.135 e. The Hall–Kier alpha value is -18.3. The molecular formula is C141H89N3OS2. The van der Waals surface area contributed by atoms with Gasteiger partial charge in [0.25, 0.3) is 0 Å². The standard InChI is InChI=1S/2C49H31NS.C43H27NO/c1-2-12-35(13-3-1)49(42-19-6-8-22-45(42)50-44-21-7-4-14-38(44)40-17-11-20-43(49)47(40)50)36-30-28-33(29-31-36)32-24-26-34(27-25-32)37-16-10-18-41-39-15-5-9-23-46(39)51-48(37)41;1-2-11-36(12-3-1)49(42-16-6-8-19-45(42)50-44-18-7-4-13-38(44)40-15-10-17-43(49)48(40)50)37-28-25-33(26-29-37)32-21-23-34(24-22-32)35-27-30-47-41(31-35)39-14-5-9-20-46(39)51-47;1-2-13-30(14-3-1)43(31-15-10-12-28(26-31)29-24-25-41-35(27-29)33-17-5-9-23-40(33)45-41)36-19-6-8-22-39(36)44-38-21-7-4-16-32(38)34-18-11-20-37(43)42(34)44/h2*1-31H;1-27H. The maximum absolute atomic E-state index is 6.16. The number of benzene rings is 23. The number of para-hydroxylation sites is 10. The summed E-state index contributed by atoms with van der Waals surface area (Å²) >= 11 is 3.75. The van der Waals surface area contributed by atoms with E-state index in [2.05, 4.69) is 541 Å². The first-order valence-corrected chi connectivity index (χ1v) is 52.4. The van der Waals surface area contributed by atoms with Crippen molar-refractivity contribution in [3.05, 3.63) is 607 Å². The van der Waals surface area contributed by atoms with Crippen molar-refractivity contribution < 1.29 is 4.42 Å². The van der Waals surface area contributed by atoms with Crippen LogP contribution in [0.5, 0.6) is 0 Å². The van der Waals surface area contributed by atoms with Crippen LogP contribution in [0.1, 0.15) is 66.8 Å². The zero-order valence-corrected chi connectivity index (χ0v) is 81.6. The molecule has 23 aromatic carbocycles. The maximum atomic E-state index is 6.16. The van der Waals surface area contributed by atoms with E-state index in [0.29, 0.717) is 0 Å². The lowest BCUT2D eigenvalue weighted by Gasteiger charge is -2.42. The minimum atomic E-state index is -0.524. The number of furan rings is 1. The lowest BCUT2D eigenvalue weighted by molar-refractivity contribution is 0.669. The van der Waals surface area contributed by atoms with E-state index in [0.717, 1.165) is 21.9 Å². The van der Waals surface area contributed by atoms with Crippen molar-refractivity contribution in [3.63, 3.8) is 0 Å². The highest BCUT2D eigenvalue weighted by Crippen LogP contribution is 2.60. The number of thiophene rings is 2. The van der Waals surface area contributed by atoms with E-state index in [9.17, 15) is 0 Å². The van der Waals surface area contributed by atoms with Crippen LogP contribution in [-0.4, -0.2) is 13.7 Å². The minimum Gasteiger partial charge on any atom is -0.456 e. The third-order valence-electron chi connectivity index (χ3n) is 32.1. The van der Waals surface area contributed by atoms with Crippen molar-refractivity contribution in [1.29, 1.82) is 0 Å². The van der Waals surface area contributed by atoms with Gasteiger partial charge in [0.05, 0.1) is 66.4 Å². The van der Waals surface area contributed by atoms with Crippen LogP contribution >= 0.6 is 22.7 Å². The molecule has 0 saturated heterocycles. The van der Waals surface area contributed by atoms with Gasteiger partial charge in [0, 0.05) is 83.4 Å². The first kappa shape index (κ1) is 84.4. The van der Waals surface area contributed by atoms with E-state index in [1.165, 1.54) is 245 Å². The van der Waals surface area contributed by atoms with E-state index >= 15 is 0 Å². The monoisotopic (exact) mass is 1900 g/mol. The Morgan fingerprint density at radius 1 is 0.163 bits per heavy atom. The molecule has 3 unspecified atom stereocenters. The molecule has 3 aliphatic rings. The topological polar surface area (TPSA) is 27.9 Å². The molecule has 32 rings (SSSR count). The SMILES string of the molecule is c1ccc(C2(c3ccc(-c4ccc(-c5ccc6sc7ccccc7c6c5)cc4)cc3)c3ccccc3-n3c4ccccc4c4cccc2c43)cc1.c1ccc(C2(c3ccc(-c4ccc(-c5cccc6c5sc5ccccc56)cc4)cc3)c3ccccc3-n3c4ccccc4c4cccc2c43)cc1.c1ccc(C2(c3cccc(-c4ccc5oc6ccccc6c5c4)c3)c3ccccc3-n3c4ccccc4c4cccc2c43)cc1. The summed E-state index contributed by atoms with van der Waals surface area (Å²) in [5.41, 5.74) is 39.2. The highest BCUT2D eigenvalue weighted by atomic mass is 32.1. The summed E-state index contributed by atoms with van der Waals surface area (Å²) in [6, 6.07) is 199. The molecule has 6 aromatic heterocycles. The predicted molar refractivity (Wildman–Crippen MR) is 618 cm³/mol. The highest BCUT2D eigenvalue weighted by molar-refractivity contribution is 7.26. The van der Waals surface area contributed by atoms with Gasteiger partial charge in [-0.2, -0.15) is 0 Å². The number of hydrogen-bond donors (Lipinski definition) is 0. The molecule has 0 saturated carbocycles. The van der Waals surface area contributed by atoms with Gasteiger partial charge in [-0.25, -0.2) is 0 Å². The van der Waals surface area contributed by atoms with Gasteiger partial charge >= 0.3 is 0 Å². The molecule has 29 aromatic rings. The molecule has 0 radical (unpaired) electrons. The normalized spacial score (nSPS) is 15.3. The van der Waals surface area contributed by atoms with E-state index in [-0.39, 0.29) is 0 Å². The minimum absolute atomic E-state index is 0.491. The average molecular weight is 1910 g/mol.